The van der Waals surface area contributed by atoms with Gasteiger partial charge in [-0.1, -0.05) is 13.8 Å². The zero-order chi connectivity index (χ0) is 15.2. The molecule has 0 amide bonds. The number of rotatable bonds is 7. The zero-order valence-electron chi connectivity index (χ0n) is 13.1. The summed E-state index contributed by atoms with van der Waals surface area (Å²) in [5.41, 5.74) is 0. The Bertz CT molecular complexity index is 447. The van der Waals surface area contributed by atoms with Gasteiger partial charge in [0.05, 0.1) is 6.10 Å². The molecule has 0 spiro atoms. The van der Waals surface area contributed by atoms with E-state index in [0.29, 0.717) is 24.4 Å². The van der Waals surface area contributed by atoms with Gasteiger partial charge in [0, 0.05) is 26.2 Å². The third-order valence-corrected chi connectivity index (χ3v) is 3.59. The van der Waals surface area contributed by atoms with Gasteiger partial charge in [-0.3, -0.25) is 0 Å². The monoisotopic (exact) mass is 294 g/mol. The molecule has 1 unspecified atom stereocenters. The van der Waals surface area contributed by atoms with Gasteiger partial charge in [-0.15, -0.1) is 0 Å². The van der Waals surface area contributed by atoms with Crippen molar-refractivity contribution in [1.82, 2.24) is 15.0 Å². The average Bonchev–Trinajstić information content (AvgIpc) is 2.99. The Labute approximate surface area is 126 Å². The van der Waals surface area contributed by atoms with Crippen molar-refractivity contribution in [3.05, 3.63) is 0 Å². The molecule has 2 rings (SSSR count). The summed E-state index contributed by atoms with van der Waals surface area (Å²) >= 11 is 0. The molecule has 21 heavy (non-hydrogen) atoms. The number of hydrogen-bond acceptors (Lipinski definition) is 7. The highest BCUT2D eigenvalue weighted by Gasteiger charge is 2.18. The number of hydrogen-bond donors (Lipinski definition) is 3. The summed E-state index contributed by atoms with van der Waals surface area (Å²) in [4.78, 5) is 15.4. The van der Waals surface area contributed by atoms with Gasteiger partial charge in [0.2, 0.25) is 17.8 Å². The topological polar surface area (TPSA) is 86.2 Å². The second-order valence-electron chi connectivity index (χ2n) is 5.70. The molecule has 1 aliphatic rings. The zero-order valence-corrected chi connectivity index (χ0v) is 13.1. The third-order valence-electron chi connectivity index (χ3n) is 3.59. The van der Waals surface area contributed by atoms with E-state index in [9.17, 15) is 5.11 Å². The lowest BCUT2D eigenvalue weighted by molar-refractivity contribution is 0.137. The lowest BCUT2D eigenvalue weighted by Crippen LogP contribution is -2.27. The van der Waals surface area contributed by atoms with Crippen LogP contribution in [0.4, 0.5) is 17.8 Å². The van der Waals surface area contributed by atoms with E-state index in [1.165, 1.54) is 12.8 Å². The van der Waals surface area contributed by atoms with Gasteiger partial charge in [0.1, 0.15) is 0 Å². The molecule has 1 aliphatic heterocycles. The summed E-state index contributed by atoms with van der Waals surface area (Å²) in [6.45, 7) is 9.16. The predicted molar refractivity (Wildman–Crippen MR) is 84.8 cm³/mol. The van der Waals surface area contributed by atoms with Crippen LogP contribution in [0.15, 0.2) is 0 Å². The molecule has 118 valence electrons. The number of aliphatic hydroxyl groups excluding tert-OH is 1. The van der Waals surface area contributed by atoms with E-state index >= 15 is 0 Å². The summed E-state index contributed by atoms with van der Waals surface area (Å²) < 4.78 is 0. The molecule has 2 heterocycles. The van der Waals surface area contributed by atoms with E-state index < -0.39 is 6.10 Å². The molecule has 0 saturated carbocycles. The Kier molecular flexibility index (Phi) is 5.55. The standard InChI is InChI=1S/C14H26N6O/c1-4-15-12-17-13(16-9-11(21)10(2)3)19-14(18-12)20-7-5-6-8-20/h10-11,21H,4-9H2,1-3H3,(H2,15,16,17,18,19). The highest BCUT2D eigenvalue weighted by Crippen LogP contribution is 2.18. The largest absolute Gasteiger partial charge is 0.391 e. The molecule has 7 heteroatoms. The summed E-state index contributed by atoms with van der Waals surface area (Å²) in [5.74, 6) is 2.00. The number of aliphatic hydroxyl groups is 1. The first-order valence-corrected chi connectivity index (χ1v) is 7.77. The Hall–Kier alpha value is -1.63. The van der Waals surface area contributed by atoms with Crippen molar-refractivity contribution in [2.75, 3.05) is 41.7 Å². The second kappa shape index (κ2) is 7.40. The third kappa shape index (κ3) is 4.42. The molecular formula is C14H26N6O. The van der Waals surface area contributed by atoms with Crippen LogP contribution in [-0.4, -0.2) is 52.3 Å². The molecule has 1 atom stereocenters. The minimum Gasteiger partial charge on any atom is -0.391 e. The van der Waals surface area contributed by atoms with Gasteiger partial charge in [-0.25, -0.2) is 0 Å². The first-order chi connectivity index (χ1) is 10.1. The molecule has 1 saturated heterocycles. The minimum absolute atomic E-state index is 0.200. The Morgan fingerprint density at radius 3 is 2.29 bits per heavy atom. The number of nitrogens with one attached hydrogen (secondary N) is 2. The molecular weight excluding hydrogens is 268 g/mol. The van der Waals surface area contributed by atoms with Gasteiger partial charge in [-0.05, 0) is 25.7 Å². The van der Waals surface area contributed by atoms with Crippen molar-refractivity contribution in [2.45, 2.75) is 39.7 Å². The van der Waals surface area contributed by atoms with E-state index in [-0.39, 0.29) is 5.92 Å². The van der Waals surface area contributed by atoms with E-state index in [1.807, 2.05) is 20.8 Å². The summed E-state index contributed by atoms with van der Waals surface area (Å²) in [5, 5.41) is 16.1. The lowest BCUT2D eigenvalue weighted by atomic mass is 10.1. The predicted octanol–water partition coefficient (Wildman–Crippen LogP) is 1.33. The minimum atomic E-state index is -0.417. The number of aromatic nitrogens is 3. The first-order valence-electron chi connectivity index (χ1n) is 7.77. The van der Waals surface area contributed by atoms with Crippen LogP contribution >= 0.6 is 0 Å². The van der Waals surface area contributed by atoms with Crippen molar-refractivity contribution in [2.24, 2.45) is 5.92 Å². The van der Waals surface area contributed by atoms with Crippen molar-refractivity contribution >= 4 is 17.8 Å². The van der Waals surface area contributed by atoms with Gasteiger partial charge in [0.25, 0.3) is 0 Å². The maximum atomic E-state index is 9.88. The Balaban J connectivity index is 2.11. The van der Waals surface area contributed by atoms with E-state index in [0.717, 1.165) is 19.6 Å². The maximum Gasteiger partial charge on any atom is 0.231 e. The van der Waals surface area contributed by atoms with Crippen LogP contribution < -0.4 is 15.5 Å². The summed E-state index contributed by atoms with van der Waals surface area (Å²) in [6.07, 6.45) is 1.94. The normalized spacial score (nSPS) is 16.3. The van der Waals surface area contributed by atoms with Crippen molar-refractivity contribution < 1.29 is 5.11 Å². The molecule has 3 N–H and O–H groups in total. The van der Waals surface area contributed by atoms with Crippen LogP contribution in [0.3, 0.4) is 0 Å². The SMILES string of the molecule is CCNc1nc(NCC(O)C(C)C)nc(N2CCCC2)n1. The van der Waals surface area contributed by atoms with Crippen LogP contribution in [0.5, 0.6) is 0 Å². The molecule has 1 aromatic rings. The fraction of sp³-hybridized carbons (Fsp3) is 0.786. The van der Waals surface area contributed by atoms with Crippen LogP contribution in [0, 0.1) is 5.92 Å². The van der Waals surface area contributed by atoms with Gasteiger partial charge in [-0.2, -0.15) is 15.0 Å². The van der Waals surface area contributed by atoms with Crippen LogP contribution in [0.1, 0.15) is 33.6 Å². The maximum absolute atomic E-state index is 9.88. The molecule has 0 radical (unpaired) electrons. The molecule has 7 nitrogen and oxygen atoms in total. The van der Waals surface area contributed by atoms with Gasteiger partial charge < -0.3 is 20.6 Å². The molecule has 0 aliphatic carbocycles. The molecule has 1 aromatic heterocycles. The van der Waals surface area contributed by atoms with E-state index in [1.54, 1.807) is 0 Å². The van der Waals surface area contributed by atoms with E-state index in [4.69, 9.17) is 0 Å². The average molecular weight is 294 g/mol. The molecule has 0 aromatic carbocycles. The fourth-order valence-corrected chi connectivity index (χ4v) is 2.17. The number of nitrogens with zero attached hydrogens (tertiary/aromatic N) is 4. The van der Waals surface area contributed by atoms with Crippen molar-refractivity contribution in [3.8, 4) is 0 Å². The van der Waals surface area contributed by atoms with Crippen molar-refractivity contribution in [1.29, 1.82) is 0 Å². The van der Waals surface area contributed by atoms with E-state index in [2.05, 4.69) is 30.5 Å². The fourth-order valence-electron chi connectivity index (χ4n) is 2.17. The second-order valence-corrected chi connectivity index (χ2v) is 5.70. The van der Waals surface area contributed by atoms with Gasteiger partial charge in [0.15, 0.2) is 0 Å². The van der Waals surface area contributed by atoms with Crippen LogP contribution in [-0.2, 0) is 0 Å². The number of anilines is 3. The Morgan fingerprint density at radius 1 is 1.10 bits per heavy atom. The highest BCUT2D eigenvalue weighted by molar-refractivity contribution is 5.44. The Morgan fingerprint density at radius 2 is 1.71 bits per heavy atom. The quantitative estimate of drug-likeness (QED) is 0.699. The lowest BCUT2D eigenvalue weighted by Gasteiger charge is -2.18. The molecule has 1 fully saturated rings. The van der Waals surface area contributed by atoms with Crippen LogP contribution in [0.2, 0.25) is 0 Å². The van der Waals surface area contributed by atoms with Crippen LogP contribution in [0.25, 0.3) is 0 Å². The van der Waals surface area contributed by atoms with Gasteiger partial charge >= 0.3 is 0 Å². The van der Waals surface area contributed by atoms with Crippen molar-refractivity contribution in [3.63, 3.8) is 0 Å². The smallest absolute Gasteiger partial charge is 0.231 e. The summed E-state index contributed by atoms with van der Waals surface area (Å²) in [6, 6.07) is 0. The molecule has 0 bridgehead atoms. The highest BCUT2D eigenvalue weighted by atomic mass is 16.3. The first kappa shape index (κ1) is 15.8. The summed E-state index contributed by atoms with van der Waals surface area (Å²) in [7, 11) is 0.